The average molecular weight is 366 g/mol. The Hall–Kier alpha value is -2.33. The van der Waals surface area contributed by atoms with Crippen molar-refractivity contribution in [3.05, 3.63) is 65.2 Å². The molecular formula is C23H31N3O. The SMILES string of the molecule is Cc1ccc(CN2CCN(C(=O)Nc3ccccc3C(C)(C)C)CC2)cc1. The fraction of sp³-hybridized carbons (Fsp3) is 0.435. The lowest BCUT2D eigenvalue weighted by molar-refractivity contribution is 0.143. The summed E-state index contributed by atoms with van der Waals surface area (Å²) in [6.07, 6.45) is 0. The summed E-state index contributed by atoms with van der Waals surface area (Å²) in [6, 6.07) is 16.8. The number of piperazine rings is 1. The molecule has 2 amide bonds. The first kappa shape index (κ1) is 19.4. The van der Waals surface area contributed by atoms with Crippen LogP contribution in [0.4, 0.5) is 10.5 Å². The van der Waals surface area contributed by atoms with Crippen molar-refractivity contribution < 1.29 is 4.79 Å². The number of amides is 2. The highest BCUT2D eigenvalue weighted by molar-refractivity contribution is 5.90. The molecule has 4 nitrogen and oxygen atoms in total. The molecule has 1 aliphatic heterocycles. The summed E-state index contributed by atoms with van der Waals surface area (Å²) in [4.78, 5) is 17.1. The van der Waals surface area contributed by atoms with Gasteiger partial charge in [0.1, 0.15) is 0 Å². The molecule has 144 valence electrons. The van der Waals surface area contributed by atoms with Crippen LogP contribution in [0.25, 0.3) is 0 Å². The summed E-state index contributed by atoms with van der Waals surface area (Å²) in [5, 5.41) is 3.13. The lowest BCUT2D eigenvalue weighted by Crippen LogP contribution is -2.49. The molecule has 0 aromatic heterocycles. The number of nitrogens with zero attached hydrogens (tertiary/aromatic N) is 2. The van der Waals surface area contributed by atoms with Gasteiger partial charge < -0.3 is 10.2 Å². The van der Waals surface area contributed by atoms with Crippen molar-refractivity contribution in [1.29, 1.82) is 0 Å². The Balaban J connectivity index is 1.55. The summed E-state index contributed by atoms with van der Waals surface area (Å²) in [6.45, 7) is 12.9. The van der Waals surface area contributed by atoms with Crippen molar-refractivity contribution in [2.45, 2.75) is 39.7 Å². The number of hydrogen-bond donors (Lipinski definition) is 1. The second-order valence-corrected chi connectivity index (χ2v) is 8.47. The molecule has 0 atom stereocenters. The topological polar surface area (TPSA) is 35.6 Å². The fourth-order valence-electron chi connectivity index (χ4n) is 3.50. The van der Waals surface area contributed by atoms with Gasteiger partial charge in [0.15, 0.2) is 0 Å². The number of nitrogens with one attached hydrogen (secondary N) is 1. The molecule has 1 heterocycles. The van der Waals surface area contributed by atoms with E-state index in [4.69, 9.17) is 0 Å². The molecule has 0 unspecified atom stereocenters. The van der Waals surface area contributed by atoms with Crippen LogP contribution >= 0.6 is 0 Å². The molecular weight excluding hydrogens is 334 g/mol. The molecule has 0 aliphatic carbocycles. The smallest absolute Gasteiger partial charge is 0.321 e. The minimum Gasteiger partial charge on any atom is -0.322 e. The van der Waals surface area contributed by atoms with Gasteiger partial charge in [0.2, 0.25) is 0 Å². The number of anilines is 1. The molecule has 0 spiro atoms. The maximum atomic E-state index is 12.7. The number of rotatable bonds is 3. The molecule has 1 fully saturated rings. The zero-order valence-electron chi connectivity index (χ0n) is 17.0. The highest BCUT2D eigenvalue weighted by atomic mass is 16.2. The van der Waals surface area contributed by atoms with Crippen LogP contribution < -0.4 is 5.32 Å². The van der Waals surface area contributed by atoms with Crippen molar-refractivity contribution in [3.8, 4) is 0 Å². The average Bonchev–Trinajstić information content (AvgIpc) is 2.64. The van der Waals surface area contributed by atoms with E-state index >= 15 is 0 Å². The van der Waals surface area contributed by atoms with Gasteiger partial charge in [-0.25, -0.2) is 4.79 Å². The van der Waals surface area contributed by atoms with E-state index in [1.807, 2.05) is 23.1 Å². The Kier molecular flexibility index (Phi) is 5.85. The molecule has 2 aromatic carbocycles. The largest absolute Gasteiger partial charge is 0.322 e. The van der Waals surface area contributed by atoms with Crippen molar-refractivity contribution in [1.82, 2.24) is 9.80 Å². The van der Waals surface area contributed by atoms with E-state index < -0.39 is 0 Å². The lowest BCUT2D eigenvalue weighted by atomic mass is 9.86. The highest BCUT2D eigenvalue weighted by Gasteiger charge is 2.23. The first-order valence-corrected chi connectivity index (χ1v) is 9.76. The van der Waals surface area contributed by atoms with Gasteiger partial charge in [0, 0.05) is 38.4 Å². The normalized spacial score (nSPS) is 15.6. The van der Waals surface area contributed by atoms with Crippen LogP contribution in [0.5, 0.6) is 0 Å². The number of carbonyl (C=O) groups is 1. The third-order valence-corrected chi connectivity index (χ3v) is 5.16. The molecule has 2 aromatic rings. The Morgan fingerprint density at radius 3 is 2.22 bits per heavy atom. The van der Waals surface area contributed by atoms with Crippen LogP contribution in [-0.4, -0.2) is 42.0 Å². The molecule has 0 saturated carbocycles. The van der Waals surface area contributed by atoms with E-state index in [0.717, 1.165) is 44.0 Å². The van der Waals surface area contributed by atoms with E-state index in [2.05, 4.69) is 68.2 Å². The van der Waals surface area contributed by atoms with E-state index in [-0.39, 0.29) is 11.4 Å². The van der Waals surface area contributed by atoms with Gasteiger partial charge in [0.25, 0.3) is 0 Å². The van der Waals surface area contributed by atoms with Crippen molar-refractivity contribution in [2.75, 3.05) is 31.5 Å². The van der Waals surface area contributed by atoms with Gasteiger partial charge in [-0.1, -0.05) is 68.8 Å². The van der Waals surface area contributed by atoms with Gasteiger partial charge in [-0.05, 0) is 29.5 Å². The molecule has 0 radical (unpaired) electrons. The lowest BCUT2D eigenvalue weighted by Gasteiger charge is -2.35. The van der Waals surface area contributed by atoms with Crippen LogP contribution in [0.3, 0.4) is 0 Å². The van der Waals surface area contributed by atoms with Crippen molar-refractivity contribution >= 4 is 11.7 Å². The standard InChI is InChI=1S/C23H31N3O/c1-18-9-11-19(12-10-18)17-25-13-15-26(16-14-25)22(27)24-21-8-6-5-7-20(21)23(2,3)4/h5-12H,13-17H2,1-4H3,(H,24,27). The Labute approximate surface area is 163 Å². The van der Waals surface area contributed by atoms with Crippen molar-refractivity contribution in [3.63, 3.8) is 0 Å². The third-order valence-electron chi connectivity index (χ3n) is 5.16. The van der Waals surface area contributed by atoms with E-state index in [9.17, 15) is 4.79 Å². The molecule has 27 heavy (non-hydrogen) atoms. The monoisotopic (exact) mass is 365 g/mol. The summed E-state index contributed by atoms with van der Waals surface area (Å²) < 4.78 is 0. The maximum absolute atomic E-state index is 12.7. The van der Waals surface area contributed by atoms with Crippen LogP contribution in [0.1, 0.15) is 37.5 Å². The zero-order valence-corrected chi connectivity index (χ0v) is 17.0. The van der Waals surface area contributed by atoms with Gasteiger partial charge in [-0.15, -0.1) is 0 Å². The number of benzene rings is 2. The second-order valence-electron chi connectivity index (χ2n) is 8.47. The Morgan fingerprint density at radius 2 is 1.59 bits per heavy atom. The first-order chi connectivity index (χ1) is 12.8. The molecule has 1 N–H and O–H groups in total. The molecule has 1 aliphatic rings. The van der Waals surface area contributed by atoms with E-state index in [0.29, 0.717) is 0 Å². The number of para-hydroxylation sites is 1. The van der Waals surface area contributed by atoms with Crippen molar-refractivity contribution in [2.24, 2.45) is 0 Å². The molecule has 0 bridgehead atoms. The molecule has 4 heteroatoms. The van der Waals surface area contributed by atoms with E-state index in [1.165, 1.54) is 11.1 Å². The number of urea groups is 1. The van der Waals surface area contributed by atoms with Gasteiger partial charge in [-0.2, -0.15) is 0 Å². The zero-order chi connectivity index (χ0) is 19.4. The van der Waals surface area contributed by atoms with E-state index in [1.54, 1.807) is 0 Å². The number of aryl methyl sites for hydroxylation is 1. The van der Waals surface area contributed by atoms with Crippen LogP contribution in [0.15, 0.2) is 48.5 Å². The second kappa shape index (κ2) is 8.13. The van der Waals surface area contributed by atoms with Gasteiger partial charge >= 0.3 is 6.03 Å². The van der Waals surface area contributed by atoms with Gasteiger partial charge in [0.05, 0.1) is 0 Å². The highest BCUT2D eigenvalue weighted by Crippen LogP contribution is 2.29. The van der Waals surface area contributed by atoms with Gasteiger partial charge in [-0.3, -0.25) is 4.90 Å². The Bertz CT molecular complexity index is 769. The maximum Gasteiger partial charge on any atom is 0.321 e. The number of hydrogen-bond acceptors (Lipinski definition) is 2. The minimum absolute atomic E-state index is 0.00156. The number of carbonyl (C=O) groups excluding carboxylic acids is 1. The molecule has 3 rings (SSSR count). The van der Waals surface area contributed by atoms with Crippen LogP contribution in [0.2, 0.25) is 0 Å². The van der Waals surface area contributed by atoms with Crippen LogP contribution in [-0.2, 0) is 12.0 Å². The summed E-state index contributed by atoms with van der Waals surface area (Å²) >= 11 is 0. The quantitative estimate of drug-likeness (QED) is 0.860. The Morgan fingerprint density at radius 1 is 0.963 bits per heavy atom. The molecule has 1 saturated heterocycles. The summed E-state index contributed by atoms with van der Waals surface area (Å²) in [7, 11) is 0. The summed E-state index contributed by atoms with van der Waals surface area (Å²) in [5.41, 5.74) is 4.69. The van der Waals surface area contributed by atoms with Crippen LogP contribution in [0, 0.1) is 6.92 Å². The first-order valence-electron chi connectivity index (χ1n) is 9.76. The third kappa shape index (κ3) is 5.10. The summed E-state index contributed by atoms with van der Waals surface area (Å²) in [5.74, 6) is 0. The minimum atomic E-state index is -0.00336. The fourth-order valence-corrected chi connectivity index (χ4v) is 3.50. The predicted octanol–water partition coefficient (Wildman–Crippen LogP) is 4.64. The predicted molar refractivity (Wildman–Crippen MR) is 112 cm³/mol.